The molecule has 158 valence electrons. The van der Waals surface area contributed by atoms with Gasteiger partial charge >= 0.3 is 12.4 Å². The minimum atomic E-state index is -5.08. The maximum Gasteiger partial charge on any atom is 0.416 e. The van der Waals surface area contributed by atoms with Crippen LogP contribution in [0.15, 0.2) is 36.4 Å². The molecule has 0 saturated heterocycles. The second-order valence-corrected chi connectivity index (χ2v) is 6.19. The molecule has 0 heterocycles. The number of aliphatic hydroxyl groups excluding tert-OH is 1. The van der Waals surface area contributed by atoms with Gasteiger partial charge in [0.15, 0.2) is 0 Å². The largest absolute Gasteiger partial charge is 0.416 e. The fourth-order valence-corrected chi connectivity index (χ4v) is 2.53. The molecule has 0 aliphatic carbocycles. The number of benzene rings is 2. The second-order valence-electron chi connectivity index (χ2n) is 5.76. The number of carbonyl (C=O) groups excluding carboxylic acids is 1. The summed E-state index contributed by atoms with van der Waals surface area (Å²) in [4.78, 5) is 12.5. The van der Waals surface area contributed by atoms with E-state index in [4.69, 9.17) is 16.7 Å². The van der Waals surface area contributed by atoms with Crippen LogP contribution >= 0.6 is 11.6 Å². The van der Waals surface area contributed by atoms with Crippen molar-refractivity contribution in [2.45, 2.75) is 12.4 Å². The number of nitrogens with one attached hydrogen (secondary N) is 1. The summed E-state index contributed by atoms with van der Waals surface area (Å²) >= 11 is 5.79. The van der Waals surface area contributed by atoms with Crippen LogP contribution in [-0.2, 0) is 12.4 Å². The van der Waals surface area contributed by atoms with E-state index in [-0.39, 0.29) is 28.9 Å². The predicted molar refractivity (Wildman–Crippen MR) is 92.1 cm³/mol. The highest BCUT2D eigenvalue weighted by molar-refractivity contribution is 6.31. The van der Waals surface area contributed by atoms with Crippen LogP contribution in [0.4, 0.5) is 37.7 Å². The Balaban J connectivity index is 2.47. The first-order chi connectivity index (χ1) is 13.3. The third kappa shape index (κ3) is 5.75. The Morgan fingerprint density at radius 1 is 1.00 bits per heavy atom. The van der Waals surface area contributed by atoms with Gasteiger partial charge in [-0.3, -0.25) is 15.1 Å². The smallest absolute Gasteiger partial charge is 0.394 e. The molecule has 5 nitrogen and oxygen atoms in total. The van der Waals surface area contributed by atoms with Crippen LogP contribution in [0.2, 0.25) is 5.02 Å². The number of nitrogens with zero attached hydrogens (tertiary/aromatic N) is 1. The molecular formula is C17H13ClF6N2O3. The summed E-state index contributed by atoms with van der Waals surface area (Å²) in [5, 5.41) is 21.2. The second kappa shape index (κ2) is 8.47. The summed E-state index contributed by atoms with van der Waals surface area (Å²) in [6.45, 7) is -0.813. The van der Waals surface area contributed by atoms with Gasteiger partial charge in [-0.2, -0.15) is 26.3 Å². The highest BCUT2D eigenvalue weighted by Crippen LogP contribution is 2.37. The molecule has 2 aromatic rings. The number of hydrogen-bond acceptors (Lipinski definition) is 4. The fraction of sp³-hybridized carbons (Fsp3) is 0.235. The maximum absolute atomic E-state index is 12.9. The number of carbonyl (C=O) groups is 1. The fourth-order valence-electron chi connectivity index (χ4n) is 2.36. The lowest BCUT2D eigenvalue weighted by Gasteiger charge is -2.20. The summed E-state index contributed by atoms with van der Waals surface area (Å²) in [5.41, 5.74) is -4.45. The Morgan fingerprint density at radius 3 is 2.03 bits per heavy atom. The summed E-state index contributed by atoms with van der Waals surface area (Å²) < 4.78 is 77.7. The van der Waals surface area contributed by atoms with E-state index in [2.05, 4.69) is 0 Å². The molecule has 0 aliphatic rings. The average Bonchev–Trinajstić information content (AvgIpc) is 2.60. The van der Waals surface area contributed by atoms with Crippen LogP contribution in [0.1, 0.15) is 21.5 Å². The first-order valence-corrected chi connectivity index (χ1v) is 8.18. The first kappa shape index (κ1) is 22.8. The number of anilines is 2. The van der Waals surface area contributed by atoms with Crippen LogP contribution in [0.25, 0.3) is 0 Å². The van der Waals surface area contributed by atoms with E-state index in [1.54, 1.807) is 0 Å². The average molecular weight is 443 g/mol. The molecule has 1 amide bonds. The van der Waals surface area contributed by atoms with Crippen LogP contribution in [0.5, 0.6) is 0 Å². The highest BCUT2D eigenvalue weighted by atomic mass is 35.5. The molecule has 2 aromatic carbocycles. The third-order valence-electron chi connectivity index (χ3n) is 3.64. The molecule has 0 radical (unpaired) electrons. The van der Waals surface area contributed by atoms with Crippen LogP contribution in [0.3, 0.4) is 0 Å². The molecule has 0 bridgehead atoms. The van der Waals surface area contributed by atoms with E-state index in [0.717, 1.165) is 6.07 Å². The topological polar surface area (TPSA) is 72.8 Å². The van der Waals surface area contributed by atoms with Crippen molar-refractivity contribution in [2.24, 2.45) is 0 Å². The molecule has 0 fully saturated rings. The van der Waals surface area contributed by atoms with Crippen molar-refractivity contribution in [3.8, 4) is 0 Å². The van der Waals surface area contributed by atoms with Gasteiger partial charge in [0.25, 0.3) is 5.91 Å². The van der Waals surface area contributed by atoms with Gasteiger partial charge < -0.3 is 10.4 Å². The van der Waals surface area contributed by atoms with Gasteiger partial charge in [0.1, 0.15) is 0 Å². The van der Waals surface area contributed by atoms with Gasteiger partial charge in [-0.05, 0) is 36.4 Å². The Hall–Kier alpha value is -2.50. The Bertz CT molecular complexity index is 869. The lowest BCUT2D eigenvalue weighted by Crippen LogP contribution is -2.25. The normalized spacial score (nSPS) is 12.0. The van der Waals surface area contributed by atoms with Crippen molar-refractivity contribution in [2.75, 3.05) is 23.5 Å². The zero-order valence-electron chi connectivity index (χ0n) is 14.3. The number of hydroxylamine groups is 1. The SMILES string of the molecule is O=C(Nc1cc(C(F)(F)F)cc(C(F)(F)F)c1)c1cc(Cl)ccc1N(O)CCO. The monoisotopic (exact) mass is 442 g/mol. The zero-order chi connectivity index (χ0) is 22.0. The minimum Gasteiger partial charge on any atom is -0.394 e. The molecule has 0 saturated carbocycles. The van der Waals surface area contributed by atoms with Crippen molar-refractivity contribution in [3.63, 3.8) is 0 Å². The van der Waals surface area contributed by atoms with Crippen molar-refractivity contribution in [1.29, 1.82) is 0 Å². The van der Waals surface area contributed by atoms with E-state index >= 15 is 0 Å². The van der Waals surface area contributed by atoms with Crippen molar-refractivity contribution >= 4 is 28.9 Å². The molecule has 0 spiro atoms. The molecule has 0 aromatic heterocycles. The van der Waals surface area contributed by atoms with E-state index in [1.807, 2.05) is 5.32 Å². The summed E-state index contributed by atoms with van der Waals surface area (Å²) in [6, 6.07) is 4.17. The van der Waals surface area contributed by atoms with Gasteiger partial charge in [0.05, 0.1) is 35.5 Å². The van der Waals surface area contributed by atoms with E-state index in [9.17, 15) is 36.3 Å². The maximum atomic E-state index is 12.9. The Labute approximate surface area is 165 Å². The molecule has 12 heteroatoms. The van der Waals surface area contributed by atoms with E-state index < -0.39 is 41.7 Å². The lowest BCUT2D eigenvalue weighted by atomic mass is 10.1. The summed E-state index contributed by atoms with van der Waals surface area (Å²) in [7, 11) is 0. The zero-order valence-corrected chi connectivity index (χ0v) is 15.0. The number of hydrogen-bond donors (Lipinski definition) is 3. The molecular weight excluding hydrogens is 430 g/mol. The number of amides is 1. The molecule has 2 rings (SSSR count). The van der Waals surface area contributed by atoms with Crippen molar-refractivity contribution < 1.29 is 41.5 Å². The predicted octanol–water partition coefficient (Wildman–Crippen LogP) is 4.82. The van der Waals surface area contributed by atoms with Gasteiger partial charge in [0, 0.05) is 10.7 Å². The van der Waals surface area contributed by atoms with Crippen LogP contribution < -0.4 is 10.4 Å². The van der Waals surface area contributed by atoms with E-state index in [1.165, 1.54) is 12.1 Å². The van der Waals surface area contributed by atoms with Crippen LogP contribution in [-0.4, -0.2) is 29.4 Å². The van der Waals surface area contributed by atoms with Crippen LogP contribution in [0, 0.1) is 0 Å². The van der Waals surface area contributed by atoms with Crippen molar-refractivity contribution in [1.82, 2.24) is 0 Å². The molecule has 0 unspecified atom stereocenters. The highest BCUT2D eigenvalue weighted by Gasteiger charge is 2.37. The molecule has 0 atom stereocenters. The minimum absolute atomic E-state index is 0.0244. The first-order valence-electron chi connectivity index (χ1n) is 7.80. The Kier molecular flexibility index (Phi) is 6.66. The van der Waals surface area contributed by atoms with Gasteiger partial charge in [0.2, 0.25) is 0 Å². The molecule has 29 heavy (non-hydrogen) atoms. The van der Waals surface area contributed by atoms with Gasteiger partial charge in [-0.25, -0.2) is 0 Å². The number of alkyl halides is 6. The molecule has 0 aliphatic heterocycles. The summed E-state index contributed by atoms with van der Waals surface area (Å²) in [5.74, 6) is -1.12. The number of aliphatic hydroxyl groups is 1. The van der Waals surface area contributed by atoms with Crippen molar-refractivity contribution in [3.05, 3.63) is 58.1 Å². The standard InChI is InChI=1S/C17H13ClF6N2O3/c18-11-1-2-14(26(29)3-4-27)13(8-11)15(28)25-12-6-9(16(19,20)21)5-10(7-12)17(22,23)24/h1-2,5-8,27,29H,3-4H2,(H,25,28). The lowest BCUT2D eigenvalue weighted by molar-refractivity contribution is -0.143. The number of halogens is 7. The van der Waals surface area contributed by atoms with Gasteiger partial charge in [-0.15, -0.1) is 0 Å². The van der Waals surface area contributed by atoms with E-state index in [0.29, 0.717) is 17.2 Å². The number of rotatable bonds is 5. The molecule has 3 N–H and O–H groups in total. The third-order valence-corrected chi connectivity index (χ3v) is 3.87. The summed E-state index contributed by atoms with van der Waals surface area (Å²) in [6.07, 6.45) is -10.2. The Morgan fingerprint density at radius 2 is 1.55 bits per heavy atom. The quantitative estimate of drug-likeness (QED) is 0.458. The van der Waals surface area contributed by atoms with Gasteiger partial charge in [-0.1, -0.05) is 11.6 Å².